The summed E-state index contributed by atoms with van der Waals surface area (Å²) in [5, 5.41) is 23.5. The molecule has 2 saturated carbocycles. The van der Waals surface area contributed by atoms with Gasteiger partial charge in [0.25, 0.3) is 0 Å². The van der Waals surface area contributed by atoms with Gasteiger partial charge < -0.3 is 15.5 Å². The first-order valence-electron chi connectivity index (χ1n) is 6.73. The van der Waals surface area contributed by atoms with Crippen LogP contribution in [0.2, 0.25) is 0 Å². The van der Waals surface area contributed by atoms with Crippen molar-refractivity contribution in [3.05, 3.63) is 0 Å². The first-order valence-corrected chi connectivity index (χ1v) is 6.73. The fraction of sp³-hybridized carbons (Fsp3) is 1.00. The third kappa shape index (κ3) is 2.96. The fourth-order valence-corrected chi connectivity index (χ4v) is 3.29. The van der Waals surface area contributed by atoms with E-state index in [0.29, 0.717) is 12.5 Å². The largest absolute Gasteiger partial charge is 0.392 e. The fourth-order valence-electron chi connectivity index (χ4n) is 3.29. The summed E-state index contributed by atoms with van der Waals surface area (Å²) in [7, 11) is 0. The average Bonchev–Trinajstić information content (AvgIpc) is 2.61. The predicted molar refractivity (Wildman–Crippen MR) is 64.2 cm³/mol. The van der Waals surface area contributed by atoms with Crippen molar-refractivity contribution in [1.29, 1.82) is 0 Å². The molecule has 0 aromatic carbocycles. The maximum Gasteiger partial charge on any atom is 0.0774 e. The number of aliphatic hydroxyl groups excluding tert-OH is 1. The van der Waals surface area contributed by atoms with Gasteiger partial charge in [-0.1, -0.05) is 19.8 Å². The minimum atomic E-state index is -0.528. The van der Waals surface area contributed by atoms with Crippen molar-refractivity contribution in [2.75, 3.05) is 6.54 Å². The Hall–Kier alpha value is -0.120. The van der Waals surface area contributed by atoms with E-state index in [-0.39, 0.29) is 12.1 Å². The molecule has 0 aliphatic heterocycles. The normalized spacial score (nSPS) is 44.8. The molecule has 3 heteroatoms. The van der Waals surface area contributed by atoms with E-state index in [1.807, 2.05) is 0 Å². The molecule has 2 rings (SSSR count). The van der Waals surface area contributed by atoms with Crippen LogP contribution in [0.4, 0.5) is 0 Å². The molecule has 2 fully saturated rings. The Labute approximate surface area is 98.2 Å². The summed E-state index contributed by atoms with van der Waals surface area (Å²) in [6, 6.07) is 0.209. The molecule has 0 heterocycles. The van der Waals surface area contributed by atoms with Gasteiger partial charge in [-0.25, -0.2) is 0 Å². The molecular weight excluding hydrogens is 202 g/mol. The summed E-state index contributed by atoms with van der Waals surface area (Å²) in [5.74, 6) is 0.633. The lowest BCUT2D eigenvalue weighted by Gasteiger charge is -2.36. The van der Waals surface area contributed by atoms with E-state index >= 15 is 0 Å². The quantitative estimate of drug-likeness (QED) is 0.683. The van der Waals surface area contributed by atoms with Gasteiger partial charge >= 0.3 is 0 Å². The highest BCUT2D eigenvalue weighted by Crippen LogP contribution is 2.32. The molecule has 2 aliphatic carbocycles. The van der Waals surface area contributed by atoms with E-state index in [1.54, 1.807) is 0 Å². The van der Waals surface area contributed by atoms with E-state index in [4.69, 9.17) is 0 Å². The summed E-state index contributed by atoms with van der Waals surface area (Å²) in [6.45, 7) is 2.87. The van der Waals surface area contributed by atoms with Gasteiger partial charge in [-0.2, -0.15) is 0 Å². The van der Waals surface area contributed by atoms with E-state index in [1.165, 1.54) is 6.42 Å². The zero-order chi connectivity index (χ0) is 11.6. The van der Waals surface area contributed by atoms with Crippen LogP contribution in [-0.2, 0) is 0 Å². The lowest BCUT2D eigenvalue weighted by Crippen LogP contribution is -2.48. The minimum absolute atomic E-state index is 0.204. The van der Waals surface area contributed by atoms with Crippen molar-refractivity contribution in [2.45, 2.75) is 69.6 Å². The molecule has 2 aliphatic rings. The highest BCUT2D eigenvalue weighted by atomic mass is 16.3. The van der Waals surface area contributed by atoms with Crippen LogP contribution in [0.3, 0.4) is 0 Å². The molecule has 0 saturated heterocycles. The first kappa shape index (κ1) is 12.3. The van der Waals surface area contributed by atoms with Crippen molar-refractivity contribution in [3.63, 3.8) is 0 Å². The lowest BCUT2D eigenvalue weighted by atomic mass is 9.79. The second-order valence-corrected chi connectivity index (χ2v) is 5.91. The number of hydrogen-bond donors (Lipinski definition) is 3. The minimum Gasteiger partial charge on any atom is -0.392 e. The highest BCUT2D eigenvalue weighted by molar-refractivity contribution is 4.90. The molecule has 0 aromatic heterocycles. The molecule has 2 unspecified atom stereocenters. The molecule has 0 amide bonds. The van der Waals surface area contributed by atoms with Gasteiger partial charge in [0.2, 0.25) is 0 Å². The van der Waals surface area contributed by atoms with Crippen molar-refractivity contribution >= 4 is 0 Å². The summed E-state index contributed by atoms with van der Waals surface area (Å²) in [5.41, 5.74) is -0.528. The van der Waals surface area contributed by atoms with E-state index < -0.39 is 5.60 Å². The lowest BCUT2D eigenvalue weighted by molar-refractivity contribution is -0.0165. The molecular formula is C13H25NO2. The van der Waals surface area contributed by atoms with Crippen molar-refractivity contribution < 1.29 is 10.2 Å². The summed E-state index contributed by atoms with van der Waals surface area (Å²) in [4.78, 5) is 0. The number of aliphatic hydroxyl groups is 2. The molecule has 3 N–H and O–H groups in total. The Morgan fingerprint density at radius 3 is 2.69 bits per heavy atom. The van der Waals surface area contributed by atoms with Gasteiger partial charge in [0.05, 0.1) is 11.7 Å². The smallest absolute Gasteiger partial charge is 0.0774 e. The van der Waals surface area contributed by atoms with E-state index in [0.717, 1.165) is 38.5 Å². The van der Waals surface area contributed by atoms with Crippen LogP contribution in [0.15, 0.2) is 0 Å². The van der Waals surface area contributed by atoms with Gasteiger partial charge in [0.1, 0.15) is 0 Å². The van der Waals surface area contributed by atoms with Crippen LogP contribution in [-0.4, -0.2) is 34.5 Å². The van der Waals surface area contributed by atoms with Crippen LogP contribution < -0.4 is 5.32 Å². The molecule has 16 heavy (non-hydrogen) atoms. The van der Waals surface area contributed by atoms with Crippen molar-refractivity contribution in [1.82, 2.24) is 5.32 Å². The Morgan fingerprint density at radius 2 is 2.06 bits per heavy atom. The molecule has 0 spiro atoms. The second-order valence-electron chi connectivity index (χ2n) is 5.91. The zero-order valence-corrected chi connectivity index (χ0v) is 10.3. The van der Waals surface area contributed by atoms with Gasteiger partial charge in [-0.05, 0) is 38.0 Å². The maximum absolute atomic E-state index is 10.4. The first-order chi connectivity index (χ1) is 7.59. The topological polar surface area (TPSA) is 52.5 Å². The third-order valence-electron chi connectivity index (χ3n) is 4.24. The van der Waals surface area contributed by atoms with Crippen LogP contribution >= 0.6 is 0 Å². The maximum atomic E-state index is 10.4. The molecule has 94 valence electrons. The summed E-state index contributed by atoms with van der Waals surface area (Å²) < 4.78 is 0. The highest BCUT2D eigenvalue weighted by Gasteiger charge is 2.34. The predicted octanol–water partition coefficient (Wildman–Crippen LogP) is 1.43. The molecule has 4 atom stereocenters. The Morgan fingerprint density at radius 1 is 1.25 bits per heavy atom. The Kier molecular flexibility index (Phi) is 3.88. The van der Waals surface area contributed by atoms with Gasteiger partial charge in [0.15, 0.2) is 0 Å². The molecule has 0 aromatic rings. The van der Waals surface area contributed by atoms with E-state index in [9.17, 15) is 10.2 Å². The summed E-state index contributed by atoms with van der Waals surface area (Å²) in [6.07, 6.45) is 7.05. The van der Waals surface area contributed by atoms with Crippen molar-refractivity contribution in [2.24, 2.45) is 5.92 Å². The van der Waals surface area contributed by atoms with Crippen LogP contribution in [0.5, 0.6) is 0 Å². The zero-order valence-electron chi connectivity index (χ0n) is 10.3. The number of hydrogen-bond acceptors (Lipinski definition) is 3. The monoisotopic (exact) mass is 227 g/mol. The van der Waals surface area contributed by atoms with Gasteiger partial charge in [-0.15, -0.1) is 0 Å². The van der Waals surface area contributed by atoms with Crippen LogP contribution in [0, 0.1) is 5.92 Å². The number of nitrogens with one attached hydrogen (secondary N) is 1. The van der Waals surface area contributed by atoms with Crippen LogP contribution in [0.1, 0.15) is 51.9 Å². The molecule has 3 nitrogen and oxygen atoms in total. The Bertz CT molecular complexity index is 234. The second kappa shape index (κ2) is 5.03. The average molecular weight is 227 g/mol. The third-order valence-corrected chi connectivity index (χ3v) is 4.24. The van der Waals surface area contributed by atoms with Crippen LogP contribution in [0.25, 0.3) is 0 Å². The van der Waals surface area contributed by atoms with Gasteiger partial charge in [-0.3, -0.25) is 0 Å². The van der Waals surface area contributed by atoms with Crippen molar-refractivity contribution in [3.8, 4) is 0 Å². The van der Waals surface area contributed by atoms with Gasteiger partial charge in [0, 0.05) is 12.6 Å². The Balaban J connectivity index is 1.79. The van der Waals surface area contributed by atoms with E-state index in [2.05, 4.69) is 12.2 Å². The number of rotatable bonds is 3. The standard InChI is InChI=1S/C13H25NO2/c1-10-4-3-7-13(16,8-10)9-14-11-5-2-6-12(11)15/h10-12,14-16H,2-9H2,1H3/t10?,11-,12-,13?/m1/s1. The summed E-state index contributed by atoms with van der Waals surface area (Å²) >= 11 is 0. The molecule has 0 bridgehead atoms. The SMILES string of the molecule is CC1CCCC(O)(CN[C@@H]2CCC[C@H]2O)C1. The molecule has 0 radical (unpaired) electrons.